The van der Waals surface area contributed by atoms with Crippen molar-refractivity contribution in [1.82, 2.24) is 0 Å². The summed E-state index contributed by atoms with van der Waals surface area (Å²) in [6.45, 7) is 3.34. The van der Waals surface area contributed by atoms with Crippen LogP contribution in [0.2, 0.25) is 0 Å². The number of hydrogen-bond acceptors (Lipinski definition) is 2. The molecular weight excluding hydrogens is 128 g/mol. The Hall–Kier alpha value is -0.760. The zero-order valence-corrected chi connectivity index (χ0v) is 4.89. The van der Waals surface area contributed by atoms with Crippen LogP contribution in [0.15, 0.2) is 25.0 Å². The van der Waals surface area contributed by atoms with E-state index in [1.807, 2.05) is 0 Å². The highest BCUT2D eigenvalue weighted by Crippen LogP contribution is 1.86. The second-order valence-electron chi connectivity index (χ2n) is 0.920. The maximum absolute atomic E-state index is 9.78. The Balaban J connectivity index is 3.29. The zero-order chi connectivity index (χ0) is 6.41. The Labute approximate surface area is 52.4 Å². The van der Waals surface area contributed by atoms with Crippen molar-refractivity contribution < 1.29 is 9.53 Å². The van der Waals surface area contributed by atoms with Gasteiger partial charge in [0.15, 0.2) is 0 Å². The molecule has 0 aromatic heterocycles. The van der Waals surface area contributed by atoms with E-state index in [-0.39, 0.29) is 0 Å². The molecule has 3 heteroatoms. The summed E-state index contributed by atoms with van der Waals surface area (Å²) in [5, 5.41) is 0. The first-order chi connectivity index (χ1) is 3.77. The van der Waals surface area contributed by atoms with Crippen LogP contribution in [0.5, 0.6) is 0 Å². The molecule has 0 atom stereocenters. The SMILES string of the molecule is C=C/C=C\OC(=O)Cl. The van der Waals surface area contributed by atoms with Crippen LogP contribution < -0.4 is 0 Å². The molecule has 0 fully saturated rings. The third-order valence-corrected chi connectivity index (χ3v) is 0.464. The Morgan fingerprint density at radius 2 is 2.38 bits per heavy atom. The van der Waals surface area contributed by atoms with E-state index in [9.17, 15) is 4.79 Å². The van der Waals surface area contributed by atoms with Gasteiger partial charge in [0.2, 0.25) is 0 Å². The van der Waals surface area contributed by atoms with E-state index in [1.54, 1.807) is 0 Å². The lowest BCUT2D eigenvalue weighted by Crippen LogP contribution is -1.80. The van der Waals surface area contributed by atoms with Crippen molar-refractivity contribution in [2.45, 2.75) is 0 Å². The number of carbonyl (C=O) groups excluding carboxylic acids is 1. The molecular formula is C5H5ClO2. The van der Waals surface area contributed by atoms with Gasteiger partial charge in [0.05, 0.1) is 6.26 Å². The first-order valence-corrected chi connectivity index (χ1v) is 2.29. The van der Waals surface area contributed by atoms with Crippen LogP contribution >= 0.6 is 11.6 Å². The van der Waals surface area contributed by atoms with Crippen LogP contribution in [0.25, 0.3) is 0 Å². The van der Waals surface area contributed by atoms with Gasteiger partial charge in [-0.2, -0.15) is 0 Å². The molecule has 0 amide bonds. The van der Waals surface area contributed by atoms with Crippen LogP contribution in [-0.4, -0.2) is 5.43 Å². The summed E-state index contributed by atoms with van der Waals surface area (Å²) < 4.78 is 4.16. The van der Waals surface area contributed by atoms with E-state index in [1.165, 1.54) is 12.2 Å². The minimum Gasteiger partial charge on any atom is -0.422 e. The van der Waals surface area contributed by atoms with Gasteiger partial charge in [0.25, 0.3) is 0 Å². The standard InChI is InChI=1S/C5H5ClO2/c1-2-3-4-8-5(6)7/h2-4H,1H2/b4-3-. The predicted octanol–water partition coefficient (Wildman–Crippen LogP) is 2.06. The Morgan fingerprint density at radius 3 is 2.75 bits per heavy atom. The molecule has 0 aliphatic rings. The Morgan fingerprint density at radius 1 is 1.75 bits per heavy atom. The minimum absolute atomic E-state index is 0.844. The number of carbonyl (C=O) groups is 1. The average Bonchev–Trinajstić information content (AvgIpc) is 1.66. The molecule has 0 aromatic rings. The van der Waals surface area contributed by atoms with Gasteiger partial charge in [-0.1, -0.05) is 12.7 Å². The molecule has 0 saturated carbocycles. The number of hydrogen-bond donors (Lipinski definition) is 0. The fourth-order valence-corrected chi connectivity index (χ4v) is 0.200. The molecule has 8 heavy (non-hydrogen) atoms. The summed E-state index contributed by atoms with van der Waals surface area (Å²) in [5.41, 5.74) is -0.844. The molecule has 0 saturated heterocycles. The van der Waals surface area contributed by atoms with Crippen molar-refractivity contribution in [3.05, 3.63) is 25.0 Å². The first-order valence-electron chi connectivity index (χ1n) is 1.91. The maximum atomic E-state index is 9.78. The molecule has 2 nitrogen and oxygen atoms in total. The molecule has 0 bridgehead atoms. The lowest BCUT2D eigenvalue weighted by atomic mass is 10.6. The average molecular weight is 133 g/mol. The molecule has 0 N–H and O–H groups in total. The van der Waals surface area contributed by atoms with Gasteiger partial charge in [-0.25, -0.2) is 4.79 Å². The lowest BCUT2D eigenvalue weighted by Gasteiger charge is -1.83. The molecule has 0 aliphatic heterocycles. The maximum Gasteiger partial charge on any atom is 0.408 e. The molecule has 0 heterocycles. The van der Waals surface area contributed by atoms with Crippen molar-refractivity contribution in [2.75, 3.05) is 0 Å². The van der Waals surface area contributed by atoms with Crippen molar-refractivity contribution in [3.8, 4) is 0 Å². The van der Waals surface area contributed by atoms with Crippen molar-refractivity contribution in [1.29, 1.82) is 0 Å². The summed E-state index contributed by atoms with van der Waals surface area (Å²) in [5.74, 6) is 0. The summed E-state index contributed by atoms with van der Waals surface area (Å²) in [6.07, 6.45) is 4.09. The highest BCUT2D eigenvalue weighted by Gasteiger charge is 1.85. The number of rotatable bonds is 2. The predicted molar refractivity (Wildman–Crippen MR) is 31.7 cm³/mol. The van der Waals surface area contributed by atoms with Crippen molar-refractivity contribution in [2.24, 2.45) is 0 Å². The second kappa shape index (κ2) is 4.40. The number of allylic oxidation sites excluding steroid dienone is 2. The van der Waals surface area contributed by atoms with E-state index in [2.05, 4.69) is 11.3 Å². The van der Waals surface area contributed by atoms with Gasteiger partial charge in [-0.15, -0.1) is 0 Å². The summed E-state index contributed by atoms with van der Waals surface area (Å²) in [7, 11) is 0. The topological polar surface area (TPSA) is 26.3 Å². The molecule has 0 aliphatic carbocycles. The Bertz CT molecular complexity index is 118. The number of halogens is 1. The number of ether oxygens (including phenoxy) is 1. The van der Waals surface area contributed by atoms with E-state index >= 15 is 0 Å². The third-order valence-electron chi connectivity index (χ3n) is 0.375. The second-order valence-corrected chi connectivity index (χ2v) is 1.23. The summed E-state index contributed by atoms with van der Waals surface area (Å²) >= 11 is 4.77. The lowest BCUT2D eigenvalue weighted by molar-refractivity contribution is 0.212. The van der Waals surface area contributed by atoms with Gasteiger partial charge in [-0.3, -0.25) is 0 Å². The largest absolute Gasteiger partial charge is 0.422 e. The van der Waals surface area contributed by atoms with Gasteiger partial charge < -0.3 is 4.74 Å². The first kappa shape index (κ1) is 7.24. The quantitative estimate of drug-likeness (QED) is 0.327. The van der Waals surface area contributed by atoms with Gasteiger partial charge in [0, 0.05) is 11.6 Å². The molecule has 44 valence electrons. The normalized spacial score (nSPS) is 9.12. The van der Waals surface area contributed by atoms with Crippen LogP contribution in [-0.2, 0) is 4.74 Å². The molecule has 0 rings (SSSR count). The van der Waals surface area contributed by atoms with Crippen LogP contribution in [0.3, 0.4) is 0 Å². The molecule has 0 radical (unpaired) electrons. The van der Waals surface area contributed by atoms with E-state index in [4.69, 9.17) is 11.6 Å². The monoisotopic (exact) mass is 132 g/mol. The minimum atomic E-state index is -0.844. The van der Waals surface area contributed by atoms with Gasteiger partial charge in [-0.05, 0) is 6.08 Å². The molecule has 0 unspecified atom stereocenters. The van der Waals surface area contributed by atoms with E-state index in [0.717, 1.165) is 6.26 Å². The molecule has 0 aromatic carbocycles. The van der Waals surface area contributed by atoms with Crippen LogP contribution in [0, 0.1) is 0 Å². The smallest absolute Gasteiger partial charge is 0.408 e. The highest BCUT2D eigenvalue weighted by atomic mass is 35.5. The van der Waals surface area contributed by atoms with E-state index < -0.39 is 5.43 Å². The van der Waals surface area contributed by atoms with Crippen LogP contribution in [0.1, 0.15) is 0 Å². The fraction of sp³-hybridized carbons (Fsp3) is 0. The summed E-state index contributed by atoms with van der Waals surface area (Å²) in [4.78, 5) is 9.78. The zero-order valence-electron chi connectivity index (χ0n) is 4.13. The fourth-order valence-electron chi connectivity index (χ4n) is 0.148. The van der Waals surface area contributed by atoms with E-state index in [0.29, 0.717) is 0 Å². The third kappa shape index (κ3) is 5.24. The van der Waals surface area contributed by atoms with Gasteiger partial charge >= 0.3 is 5.43 Å². The van der Waals surface area contributed by atoms with Gasteiger partial charge in [0.1, 0.15) is 0 Å². The molecule has 0 spiro atoms. The summed E-state index contributed by atoms with van der Waals surface area (Å²) in [6, 6.07) is 0. The van der Waals surface area contributed by atoms with Crippen molar-refractivity contribution in [3.63, 3.8) is 0 Å². The van der Waals surface area contributed by atoms with Crippen molar-refractivity contribution >= 4 is 17.0 Å². The van der Waals surface area contributed by atoms with Crippen LogP contribution in [0.4, 0.5) is 4.79 Å². The highest BCUT2D eigenvalue weighted by molar-refractivity contribution is 6.61. The Kier molecular flexibility index (Phi) is 3.98.